The van der Waals surface area contributed by atoms with Crippen LogP contribution in [0, 0.1) is 0 Å². The van der Waals surface area contributed by atoms with Gasteiger partial charge in [-0.15, -0.1) is 0 Å². The zero-order valence-electron chi connectivity index (χ0n) is 12.6. The third-order valence-corrected chi connectivity index (χ3v) is 3.74. The van der Waals surface area contributed by atoms with E-state index < -0.39 is 5.91 Å². The van der Waals surface area contributed by atoms with Gasteiger partial charge in [0, 0.05) is 23.3 Å². The normalized spacial score (nSPS) is 11.0. The highest BCUT2D eigenvalue weighted by molar-refractivity contribution is 5.97. The van der Waals surface area contributed by atoms with E-state index in [2.05, 4.69) is 48.1 Å². The van der Waals surface area contributed by atoms with Crippen molar-refractivity contribution in [1.29, 1.82) is 0 Å². The Kier molecular flexibility index (Phi) is 3.59. The number of hydrogen-bond acceptors (Lipinski definition) is 3. The van der Waals surface area contributed by atoms with E-state index in [1.807, 2.05) is 6.07 Å². The van der Waals surface area contributed by atoms with Gasteiger partial charge in [-0.2, -0.15) is 0 Å². The highest BCUT2D eigenvalue weighted by Gasteiger charge is 2.10. The van der Waals surface area contributed by atoms with Crippen molar-refractivity contribution >= 4 is 16.8 Å². The molecule has 0 aliphatic rings. The van der Waals surface area contributed by atoms with Crippen molar-refractivity contribution in [1.82, 2.24) is 9.97 Å². The Balaban J connectivity index is 2.17. The zero-order valence-corrected chi connectivity index (χ0v) is 12.6. The monoisotopic (exact) mass is 291 g/mol. The van der Waals surface area contributed by atoms with Gasteiger partial charge >= 0.3 is 0 Å². The molecule has 0 fully saturated rings. The summed E-state index contributed by atoms with van der Waals surface area (Å²) in [5.41, 5.74) is 9.54. The van der Waals surface area contributed by atoms with E-state index in [9.17, 15) is 4.79 Å². The number of pyridine rings is 2. The van der Waals surface area contributed by atoms with Crippen molar-refractivity contribution < 1.29 is 4.79 Å². The van der Waals surface area contributed by atoms with Crippen LogP contribution < -0.4 is 5.73 Å². The summed E-state index contributed by atoms with van der Waals surface area (Å²) in [4.78, 5) is 20.0. The first-order chi connectivity index (χ1) is 10.6. The first-order valence-electron chi connectivity index (χ1n) is 7.21. The molecule has 110 valence electrons. The molecule has 0 aliphatic carbocycles. The number of fused-ring (bicyclic) bond motifs is 1. The maximum absolute atomic E-state index is 11.4. The predicted molar refractivity (Wildman–Crippen MR) is 87.6 cm³/mol. The minimum atomic E-state index is -0.528. The highest BCUT2D eigenvalue weighted by atomic mass is 16.1. The molecule has 0 unspecified atom stereocenters. The number of nitrogens with zero attached hydrogens (tertiary/aromatic N) is 2. The second-order valence-electron chi connectivity index (χ2n) is 5.60. The Labute approximate surface area is 129 Å². The molecule has 3 aromatic rings. The van der Waals surface area contributed by atoms with Gasteiger partial charge < -0.3 is 5.73 Å². The van der Waals surface area contributed by atoms with Crippen LogP contribution in [-0.4, -0.2) is 15.9 Å². The van der Waals surface area contributed by atoms with Crippen molar-refractivity contribution in [3.8, 4) is 11.1 Å². The summed E-state index contributed by atoms with van der Waals surface area (Å²) < 4.78 is 0. The summed E-state index contributed by atoms with van der Waals surface area (Å²) in [5, 5.41) is 0.885. The van der Waals surface area contributed by atoms with Gasteiger partial charge in [-0.05, 0) is 29.2 Å². The van der Waals surface area contributed by atoms with E-state index in [1.165, 1.54) is 5.56 Å². The van der Waals surface area contributed by atoms with Crippen LogP contribution in [0.25, 0.3) is 22.0 Å². The molecule has 0 atom stereocenters. The van der Waals surface area contributed by atoms with E-state index in [0.29, 0.717) is 5.92 Å². The molecular formula is C18H17N3O. The number of carbonyl (C=O) groups excluding carboxylic acids is 1. The lowest BCUT2D eigenvalue weighted by molar-refractivity contribution is 0.0996. The largest absolute Gasteiger partial charge is 0.364 e. The van der Waals surface area contributed by atoms with E-state index in [1.54, 1.807) is 18.5 Å². The fraction of sp³-hybridized carbons (Fsp3) is 0.167. The molecule has 0 spiro atoms. The molecule has 0 bridgehead atoms. The van der Waals surface area contributed by atoms with Crippen LogP contribution >= 0.6 is 0 Å². The van der Waals surface area contributed by atoms with Gasteiger partial charge in [0.15, 0.2) is 0 Å². The molecular weight excluding hydrogens is 274 g/mol. The van der Waals surface area contributed by atoms with Crippen LogP contribution in [0.15, 0.2) is 48.8 Å². The molecule has 0 saturated carbocycles. The van der Waals surface area contributed by atoms with Gasteiger partial charge in [0.2, 0.25) is 0 Å². The Morgan fingerprint density at radius 3 is 2.41 bits per heavy atom. The molecule has 1 aromatic carbocycles. The Morgan fingerprint density at radius 2 is 1.77 bits per heavy atom. The molecule has 22 heavy (non-hydrogen) atoms. The summed E-state index contributed by atoms with van der Waals surface area (Å²) >= 11 is 0. The number of hydrogen-bond donors (Lipinski definition) is 1. The van der Waals surface area contributed by atoms with Gasteiger partial charge in [0.25, 0.3) is 5.91 Å². The lowest BCUT2D eigenvalue weighted by Gasteiger charge is -2.09. The van der Waals surface area contributed by atoms with E-state index in [0.717, 1.165) is 22.0 Å². The van der Waals surface area contributed by atoms with Crippen molar-refractivity contribution in [2.45, 2.75) is 19.8 Å². The van der Waals surface area contributed by atoms with Gasteiger partial charge in [-0.25, -0.2) is 4.98 Å². The molecule has 2 heterocycles. The van der Waals surface area contributed by atoms with E-state index >= 15 is 0 Å². The van der Waals surface area contributed by atoms with E-state index in [4.69, 9.17) is 5.73 Å². The van der Waals surface area contributed by atoms with Crippen LogP contribution in [0.4, 0.5) is 0 Å². The molecule has 1 amide bonds. The second kappa shape index (κ2) is 5.56. The topological polar surface area (TPSA) is 68.9 Å². The smallest absolute Gasteiger partial charge is 0.267 e. The highest BCUT2D eigenvalue weighted by Crippen LogP contribution is 2.27. The Hall–Kier alpha value is -2.75. The van der Waals surface area contributed by atoms with Crippen molar-refractivity contribution in [3.05, 3.63) is 60.0 Å². The van der Waals surface area contributed by atoms with Crippen LogP contribution in [0.5, 0.6) is 0 Å². The first-order valence-corrected chi connectivity index (χ1v) is 7.21. The number of aromatic nitrogens is 2. The molecule has 0 aliphatic heterocycles. The molecule has 4 nitrogen and oxygen atoms in total. The lowest BCUT2D eigenvalue weighted by atomic mass is 9.98. The number of rotatable bonds is 3. The molecule has 2 N–H and O–H groups in total. The van der Waals surface area contributed by atoms with Gasteiger partial charge in [-0.3, -0.25) is 9.78 Å². The first kappa shape index (κ1) is 14.2. The van der Waals surface area contributed by atoms with Crippen LogP contribution in [0.3, 0.4) is 0 Å². The summed E-state index contributed by atoms with van der Waals surface area (Å²) in [6, 6.07) is 11.8. The Morgan fingerprint density at radius 1 is 1.05 bits per heavy atom. The fourth-order valence-electron chi connectivity index (χ4n) is 2.44. The number of amides is 1. The lowest BCUT2D eigenvalue weighted by Crippen LogP contribution is -2.12. The van der Waals surface area contributed by atoms with Crippen LogP contribution in [0.1, 0.15) is 35.8 Å². The molecule has 4 heteroatoms. The quantitative estimate of drug-likeness (QED) is 0.802. The number of nitrogens with two attached hydrogens (primary N) is 1. The average Bonchev–Trinajstić information content (AvgIpc) is 2.53. The number of benzene rings is 1. The maximum Gasteiger partial charge on any atom is 0.267 e. The summed E-state index contributed by atoms with van der Waals surface area (Å²) in [5.74, 6) is -0.0425. The predicted octanol–water partition coefficient (Wildman–Crippen LogP) is 3.52. The van der Waals surface area contributed by atoms with E-state index in [-0.39, 0.29) is 5.69 Å². The van der Waals surface area contributed by atoms with Gasteiger partial charge in [-0.1, -0.05) is 38.1 Å². The second-order valence-corrected chi connectivity index (χ2v) is 5.60. The van der Waals surface area contributed by atoms with Crippen LogP contribution in [-0.2, 0) is 0 Å². The molecule has 0 radical (unpaired) electrons. The minimum absolute atomic E-state index is 0.263. The summed E-state index contributed by atoms with van der Waals surface area (Å²) in [7, 11) is 0. The number of carbonyl (C=O) groups is 1. The average molecular weight is 291 g/mol. The minimum Gasteiger partial charge on any atom is -0.364 e. The van der Waals surface area contributed by atoms with Crippen molar-refractivity contribution in [3.63, 3.8) is 0 Å². The van der Waals surface area contributed by atoms with Gasteiger partial charge in [0.1, 0.15) is 5.69 Å². The molecule has 3 rings (SSSR count). The third kappa shape index (κ3) is 2.55. The Bertz CT molecular complexity index is 839. The third-order valence-electron chi connectivity index (χ3n) is 3.74. The van der Waals surface area contributed by atoms with Crippen molar-refractivity contribution in [2.24, 2.45) is 5.73 Å². The fourth-order valence-corrected chi connectivity index (χ4v) is 2.44. The van der Waals surface area contributed by atoms with Crippen molar-refractivity contribution in [2.75, 3.05) is 0 Å². The molecule has 2 aromatic heterocycles. The van der Waals surface area contributed by atoms with Crippen LogP contribution in [0.2, 0.25) is 0 Å². The summed E-state index contributed by atoms with van der Waals surface area (Å²) in [6.07, 6.45) is 3.50. The SMILES string of the molecule is CC(C)c1ccc(-c2cncc3ccc(C(N)=O)nc23)cc1. The standard InChI is InChI=1S/C18H17N3O/c1-11(2)12-3-5-13(6-4-12)15-10-20-9-14-7-8-16(18(19)22)21-17(14)15/h3-11H,1-2H3,(H2,19,22). The molecule has 0 saturated heterocycles. The van der Waals surface area contributed by atoms with Gasteiger partial charge in [0.05, 0.1) is 5.52 Å². The maximum atomic E-state index is 11.4. The zero-order chi connectivity index (χ0) is 15.7. The number of primary amides is 1. The summed E-state index contributed by atoms with van der Waals surface area (Å²) in [6.45, 7) is 4.32.